The maximum Gasteiger partial charge on any atom is -1.00 e. The minimum Gasteiger partial charge on any atom is -1.00 e. The van der Waals surface area contributed by atoms with E-state index in [-0.39, 0.29) is 37.2 Å². The molecule has 0 saturated heterocycles. The number of aryl methyl sites for hydroxylation is 2. The quantitative estimate of drug-likeness (QED) is 0.476. The fraction of sp³-hybridized carbons (Fsp3) is 0.385. The smallest absolute Gasteiger partial charge is 1.00 e. The Morgan fingerprint density at radius 3 is 2.06 bits per heavy atom. The van der Waals surface area contributed by atoms with Gasteiger partial charge in [0.05, 0.1) is 0 Å². The normalized spacial score (nSPS) is 15.4. The van der Waals surface area contributed by atoms with E-state index in [1.54, 1.807) is 5.56 Å². The minimum atomic E-state index is 0. The molecule has 0 nitrogen and oxygen atoms in total. The van der Waals surface area contributed by atoms with Crippen molar-refractivity contribution in [3.63, 3.8) is 0 Å². The van der Waals surface area contributed by atoms with Crippen molar-refractivity contribution in [3.05, 3.63) is 40.5 Å². The van der Waals surface area contributed by atoms with Gasteiger partial charge in [0.2, 0.25) is 0 Å². The van der Waals surface area contributed by atoms with Gasteiger partial charge in [-0.25, -0.2) is 0 Å². The first-order valence-corrected chi connectivity index (χ1v) is 6.22. The number of allylic oxidation sites excluding steroid dienone is 1. The number of hydrogen-bond donors (Lipinski definition) is 0. The number of halogens is 3. The zero-order valence-corrected chi connectivity index (χ0v) is 13.8. The molecule has 0 fully saturated rings. The first kappa shape index (κ1) is 19.9. The van der Waals surface area contributed by atoms with E-state index in [9.17, 15) is 0 Å². The predicted octanol–water partition coefficient (Wildman–Crippen LogP) is -5.56. The summed E-state index contributed by atoms with van der Waals surface area (Å²) in [6.45, 7) is 4.48. The molecule has 1 aromatic rings. The van der Waals surface area contributed by atoms with Crippen molar-refractivity contribution in [1.82, 2.24) is 0 Å². The Morgan fingerprint density at radius 2 is 1.53 bits per heavy atom. The summed E-state index contributed by atoms with van der Waals surface area (Å²) in [5.74, 6) is 0. The van der Waals surface area contributed by atoms with Crippen molar-refractivity contribution >= 4 is 6.08 Å². The molecular formula is C13H15Cl3Ti. The SMILES string of the molecule is CCc1ccc(CC)c2c1C=C[CH]2[Ti+3].[Cl-].[Cl-].[Cl-]. The largest absolute Gasteiger partial charge is 1.00 e. The van der Waals surface area contributed by atoms with E-state index < -0.39 is 0 Å². The van der Waals surface area contributed by atoms with Crippen LogP contribution in [0.4, 0.5) is 0 Å². The molecule has 1 aliphatic rings. The zero-order chi connectivity index (χ0) is 10.1. The zero-order valence-electron chi connectivity index (χ0n) is 9.93. The topological polar surface area (TPSA) is 0 Å². The Kier molecular flexibility index (Phi) is 10.1. The van der Waals surface area contributed by atoms with Gasteiger partial charge < -0.3 is 37.2 Å². The van der Waals surface area contributed by atoms with E-state index >= 15 is 0 Å². The second kappa shape index (κ2) is 8.61. The first-order valence-electron chi connectivity index (χ1n) is 5.31. The monoisotopic (exact) mass is 324 g/mol. The Balaban J connectivity index is 0. The van der Waals surface area contributed by atoms with E-state index in [2.05, 4.69) is 58.6 Å². The third-order valence-electron chi connectivity index (χ3n) is 3.00. The van der Waals surface area contributed by atoms with Crippen LogP contribution in [0.5, 0.6) is 0 Å². The third kappa shape index (κ3) is 3.75. The van der Waals surface area contributed by atoms with Crippen molar-refractivity contribution in [2.75, 3.05) is 0 Å². The average Bonchev–Trinajstić information content (AvgIpc) is 2.60. The van der Waals surface area contributed by atoms with E-state index in [1.807, 2.05) is 0 Å². The number of benzene rings is 1. The van der Waals surface area contributed by atoms with Crippen molar-refractivity contribution in [2.45, 2.75) is 30.9 Å². The maximum atomic E-state index is 2.32. The number of rotatable bonds is 2. The number of fused-ring (bicyclic) bond motifs is 1. The molecule has 1 atom stereocenters. The van der Waals surface area contributed by atoms with Crippen LogP contribution in [0.3, 0.4) is 0 Å². The van der Waals surface area contributed by atoms with Gasteiger partial charge in [-0.05, 0) is 0 Å². The van der Waals surface area contributed by atoms with Gasteiger partial charge in [-0.2, -0.15) is 0 Å². The fourth-order valence-corrected chi connectivity index (χ4v) is 2.88. The van der Waals surface area contributed by atoms with Crippen molar-refractivity contribution in [3.8, 4) is 0 Å². The van der Waals surface area contributed by atoms with E-state index in [0.717, 1.165) is 12.8 Å². The second-order valence-electron chi connectivity index (χ2n) is 3.76. The molecule has 17 heavy (non-hydrogen) atoms. The van der Waals surface area contributed by atoms with Gasteiger partial charge in [0, 0.05) is 0 Å². The van der Waals surface area contributed by atoms with Gasteiger partial charge in [0.25, 0.3) is 0 Å². The summed E-state index contributed by atoms with van der Waals surface area (Å²) in [6, 6.07) is 4.60. The van der Waals surface area contributed by atoms with E-state index in [1.165, 1.54) is 16.7 Å². The molecule has 0 aromatic heterocycles. The Labute approximate surface area is 134 Å². The van der Waals surface area contributed by atoms with Crippen LogP contribution in [-0.2, 0) is 33.3 Å². The molecule has 0 radical (unpaired) electrons. The predicted molar refractivity (Wildman–Crippen MR) is 57.0 cm³/mol. The summed E-state index contributed by atoms with van der Waals surface area (Å²) in [7, 11) is 0. The summed E-state index contributed by atoms with van der Waals surface area (Å²) in [4.78, 5) is 0. The van der Waals surface area contributed by atoms with Gasteiger partial charge in [-0.1, -0.05) is 0 Å². The third-order valence-corrected chi connectivity index (χ3v) is 3.75. The minimum absolute atomic E-state index is 0. The maximum absolute atomic E-state index is 2.32. The van der Waals surface area contributed by atoms with Crippen LogP contribution >= 0.6 is 0 Å². The van der Waals surface area contributed by atoms with Crippen LogP contribution in [0.2, 0.25) is 0 Å². The van der Waals surface area contributed by atoms with Crippen molar-refractivity contribution in [1.29, 1.82) is 0 Å². The van der Waals surface area contributed by atoms with Crippen LogP contribution in [-0.4, -0.2) is 0 Å². The molecule has 92 valence electrons. The molecule has 0 bridgehead atoms. The molecule has 1 aliphatic carbocycles. The summed E-state index contributed by atoms with van der Waals surface area (Å²) < 4.78 is 0.617. The first-order chi connectivity index (χ1) is 6.77. The van der Waals surface area contributed by atoms with Crippen LogP contribution in [0.1, 0.15) is 40.3 Å². The van der Waals surface area contributed by atoms with Gasteiger partial charge in [0.1, 0.15) is 0 Å². The molecule has 0 saturated carbocycles. The fourth-order valence-electron chi connectivity index (χ4n) is 2.20. The molecule has 0 N–H and O–H groups in total. The molecular weight excluding hydrogens is 310 g/mol. The summed E-state index contributed by atoms with van der Waals surface area (Å²) in [5, 5.41) is 0. The summed E-state index contributed by atoms with van der Waals surface area (Å²) >= 11 is 2.29. The summed E-state index contributed by atoms with van der Waals surface area (Å²) in [6.07, 6.45) is 6.92. The van der Waals surface area contributed by atoms with Crippen molar-refractivity contribution in [2.24, 2.45) is 0 Å². The molecule has 0 aliphatic heterocycles. The molecule has 0 spiro atoms. The van der Waals surface area contributed by atoms with Crippen molar-refractivity contribution < 1.29 is 57.7 Å². The molecule has 0 heterocycles. The second-order valence-corrected chi connectivity index (χ2v) is 4.73. The van der Waals surface area contributed by atoms with Crippen LogP contribution in [0.25, 0.3) is 6.08 Å². The van der Waals surface area contributed by atoms with Gasteiger partial charge in [-0.3, -0.25) is 0 Å². The standard InChI is InChI=1S/C13H15.3ClH.Ti/c1-3-10-8-9-11(4-2)13-7-5-6-12(10)13;;;;/h5-9H,3-4H2,1-2H3;3*1H;/q;;;;+3/p-3. The van der Waals surface area contributed by atoms with E-state index in [4.69, 9.17) is 0 Å². The van der Waals surface area contributed by atoms with Gasteiger partial charge in [-0.15, -0.1) is 0 Å². The number of hydrogen-bond acceptors (Lipinski definition) is 0. The Morgan fingerprint density at radius 1 is 1.00 bits per heavy atom. The Hall–Kier alpha value is 0.544. The molecule has 1 unspecified atom stereocenters. The van der Waals surface area contributed by atoms with E-state index in [0.29, 0.717) is 4.22 Å². The van der Waals surface area contributed by atoms with Gasteiger partial charge >= 0.3 is 97.9 Å². The molecule has 2 rings (SSSR count). The summed E-state index contributed by atoms with van der Waals surface area (Å²) in [5.41, 5.74) is 6.10. The average molecular weight is 325 g/mol. The van der Waals surface area contributed by atoms with Crippen LogP contribution in [0.15, 0.2) is 18.2 Å². The molecule has 0 amide bonds. The van der Waals surface area contributed by atoms with Crippen LogP contribution in [0, 0.1) is 0 Å². The van der Waals surface area contributed by atoms with Crippen LogP contribution < -0.4 is 37.2 Å². The Bertz CT molecular complexity index is 388. The molecule has 1 aromatic carbocycles. The van der Waals surface area contributed by atoms with Gasteiger partial charge in [0.15, 0.2) is 0 Å². The molecule has 4 heteroatoms.